The van der Waals surface area contributed by atoms with Crippen molar-refractivity contribution in [1.82, 2.24) is 25.6 Å². The van der Waals surface area contributed by atoms with Gasteiger partial charge in [-0.2, -0.15) is 5.21 Å². The summed E-state index contributed by atoms with van der Waals surface area (Å²) in [5, 5.41) is 14.3. The zero-order valence-corrected chi connectivity index (χ0v) is 20.5. The summed E-state index contributed by atoms with van der Waals surface area (Å²) >= 11 is 0. The van der Waals surface area contributed by atoms with Gasteiger partial charge in [0.15, 0.2) is 0 Å². The number of benzene rings is 2. The van der Waals surface area contributed by atoms with E-state index < -0.39 is 5.97 Å². The van der Waals surface area contributed by atoms with Crippen molar-refractivity contribution in [1.29, 1.82) is 0 Å². The van der Waals surface area contributed by atoms with Crippen molar-refractivity contribution in [3.63, 3.8) is 0 Å². The molecular weight excluding hydrogens is 470 g/mol. The van der Waals surface area contributed by atoms with E-state index >= 15 is 0 Å². The van der Waals surface area contributed by atoms with Gasteiger partial charge in [0.2, 0.25) is 5.82 Å². The zero-order valence-electron chi connectivity index (χ0n) is 19.6. The molecule has 0 fully saturated rings. The number of esters is 1. The Morgan fingerprint density at radius 2 is 1.77 bits per heavy atom. The second-order valence-electron chi connectivity index (χ2n) is 7.58. The molecule has 2 aromatic carbocycles. The summed E-state index contributed by atoms with van der Waals surface area (Å²) in [4.78, 5) is 17.0. The van der Waals surface area contributed by atoms with Crippen LogP contribution in [0.15, 0.2) is 54.6 Å². The molecule has 10 heteroatoms. The summed E-state index contributed by atoms with van der Waals surface area (Å²) in [6, 6.07) is 17.6. The Labute approximate surface area is 209 Å². The fraction of sp³-hybridized carbons (Fsp3) is 0.240. The van der Waals surface area contributed by atoms with Crippen LogP contribution in [0.25, 0.3) is 22.5 Å². The van der Waals surface area contributed by atoms with E-state index in [1.807, 2.05) is 55.5 Å². The number of aromatic amines is 1. The Morgan fingerprint density at radius 3 is 2.43 bits per heavy atom. The first kappa shape index (κ1) is 25.8. The molecule has 0 bridgehead atoms. The fourth-order valence-corrected chi connectivity index (χ4v) is 3.67. The SMILES string of the molecule is COCCc1nc(C)cc(OCc2ccc(-c3ccccc3-c3nn[nH]n3)cc2)c1C(=O)OC.Cl. The number of nitrogens with one attached hydrogen (secondary N) is 1. The monoisotopic (exact) mass is 495 g/mol. The van der Waals surface area contributed by atoms with Gasteiger partial charge < -0.3 is 14.2 Å². The average molecular weight is 496 g/mol. The van der Waals surface area contributed by atoms with Crippen LogP contribution in [0.1, 0.15) is 27.3 Å². The van der Waals surface area contributed by atoms with E-state index in [0.29, 0.717) is 35.9 Å². The molecule has 35 heavy (non-hydrogen) atoms. The highest BCUT2D eigenvalue weighted by Crippen LogP contribution is 2.30. The molecule has 4 rings (SSSR count). The molecule has 2 heterocycles. The van der Waals surface area contributed by atoms with Gasteiger partial charge in [-0.05, 0) is 28.8 Å². The molecule has 9 nitrogen and oxygen atoms in total. The number of methoxy groups -OCH3 is 2. The normalized spacial score (nSPS) is 10.5. The molecule has 1 N–H and O–H groups in total. The smallest absolute Gasteiger partial charge is 0.343 e. The van der Waals surface area contributed by atoms with Crippen molar-refractivity contribution in [2.24, 2.45) is 0 Å². The maximum Gasteiger partial charge on any atom is 0.343 e. The molecule has 0 saturated carbocycles. The Morgan fingerprint density at radius 1 is 1.03 bits per heavy atom. The van der Waals surface area contributed by atoms with E-state index in [-0.39, 0.29) is 19.0 Å². The van der Waals surface area contributed by atoms with Crippen LogP contribution >= 0.6 is 12.4 Å². The summed E-state index contributed by atoms with van der Waals surface area (Å²) in [5.74, 6) is 0.495. The van der Waals surface area contributed by atoms with E-state index in [1.165, 1.54) is 7.11 Å². The van der Waals surface area contributed by atoms with Gasteiger partial charge in [-0.25, -0.2) is 4.79 Å². The first-order valence-electron chi connectivity index (χ1n) is 10.7. The number of carbonyl (C=O) groups is 1. The van der Waals surface area contributed by atoms with Crippen LogP contribution in [-0.2, 0) is 22.5 Å². The topological polar surface area (TPSA) is 112 Å². The Balaban J connectivity index is 0.00000342. The molecule has 0 atom stereocenters. The van der Waals surface area contributed by atoms with E-state index in [9.17, 15) is 4.79 Å². The maximum absolute atomic E-state index is 12.5. The van der Waals surface area contributed by atoms with Crippen LogP contribution in [-0.4, -0.2) is 52.4 Å². The number of hydrogen-bond donors (Lipinski definition) is 1. The predicted octanol–water partition coefficient (Wildman–Crippen LogP) is 4.21. The van der Waals surface area contributed by atoms with Crippen molar-refractivity contribution in [3.8, 4) is 28.3 Å². The van der Waals surface area contributed by atoms with Gasteiger partial charge in [0.25, 0.3) is 0 Å². The van der Waals surface area contributed by atoms with Gasteiger partial charge in [-0.15, -0.1) is 22.6 Å². The molecular formula is C25H26ClN5O4. The second-order valence-corrected chi connectivity index (χ2v) is 7.58. The number of hydrogen-bond acceptors (Lipinski definition) is 8. The lowest BCUT2D eigenvalue weighted by Crippen LogP contribution is -2.13. The summed E-state index contributed by atoms with van der Waals surface area (Å²) in [6.07, 6.45) is 0.480. The molecule has 0 spiro atoms. The molecule has 0 aliphatic heterocycles. The number of halogens is 1. The largest absolute Gasteiger partial charge is 0.488 e. The van der Waals surface area contributed by atoms with Gasteiger partial charge in [0.1, 0.15) is 17.9 Å². The minimum atomic E-state index is -0.484. The van der Waals surface area contributed by atoms with Crippen molar-refractivity contribution in [2.75, 3.05) is 20.8 Å². The molecule has 2 aromatic heterocycles. The lowest BCUT2D eigenvalue weighted by molar-refractivity contribution is 0.0593. The molecule has 0 aliphatic carbocycles. The lowest BCUT2D eigenvalue weighted by atomic mass is 9.98. The minimum Gasteiger partial charge on any atom is -0.488 e. The van der Waals surface area contributed by atoms with E-state index in [1.54, 1.807) is 13.2 Å². The maximum atomic E-state index is 12.5. The minimum absolute atomic E-state index is 0. The van der Waals surface area contributed by atoms with Crippen LogP contribution in [0.2, 0.25) is 0 Å². The first-order valence-corrected chi connectivity index (χ1v) is 10.7. The molecule has 0 aliphatic rings. The van der Waals surface area contributed by atoms with Crippen LogP contribution in [0.4, 0.5) is 0 Å². The summed E-state index contributed by atoms with van der Waals surface area (Å²) in [6.45, 7) is 2.58. The predicted molar refractivity (Wildman–Crippen MR) is 133 cm³/mol. The number of aryl methyl sites for hydroxylation is 1. The van der Waals surface area contributed by atoms with Gasteiger partial charge in [0.05, 0.1) is 19.4 Å². The van der Waals surface area contributed by atoms with Crippen molar-refractivity contribution >= 4 is 18.4 Å². The van der Waals surface area contributed by atoms with E-state index in [0.717, 1.165) is 27.9 Å². The van der Waals surface area contributed by atoms with Gasteiger partial charge in [0, 0.05) is 30.9 Å². The summed E-state index contributed by atoms with van der Waals surface area (Å²) in [7, 11) is 2.95. The molecule has 4 aromatic rings. The molecule has 0 radical (unpaired) electrons. The second kappa shape index (κ2) is 12.0. The van der Waals surface area contributed by atoms with Crippen molar-refractivity contribution in [2.45, 2.75) is 20.0 Å². The number of tetrazole rings is 1. The van der Waals surface area contributed by atoms with Gasteiger partial charge in [-0.3, -0.25) is 4.98 Å². The highest BCUT2D eigenvalue weighted by molar-refractivity contribution is 5.93. The Bertz CT molecular complexity index is 1260. The zero-order chi connectivity index (χ0) is 23.9. The first-order chi connectivity index (χ1) is 16.6. The van der Waals surface area contributed by atoms with E-state index in [4.69, 9.17) is 14.2 Å². The number of aromatic nitrogens is 5. The van der Waals surface area contributed by atoms with Gasteiger partial charge in [-0.1, -0.05) is 48.5 Å². The molecule has 0 saturated heterocycles. The van der Waals surface area contributed by atoms with Crippen molar-refractivity contribution in [3.05, 3.63) is 77.1 Å². The Kier molecular flexibility index (Phi) is 8.88. The number of carbonyl (C=O) groups excluding carboxylic acids is 1. The van der Waals surface area contributed by atoms with Gasteiger partial charge >= 0.3 is 5.97 Å². The average Bonchev–Trinajstić information content (AvgIpc) is 3.41. The third-order valence-electron chi connectivity index (χ3n) is 5.29. The fourth-order valence-electron chi connectivity index (χ4n) is 3.67. The number of pyridine rings is 1. The van der Waals surface area contributed by atoms with Crippen LogP contribution in [0.5, 0.6) is 5.75 Å². The Hall–Kier alpha value is -3.82. The summed E-state index contributed by atoms with van der Waals surface area (Å²) < 4.78 is 16.2. The summed E-state index contributed by atoms with van der Waals surface area (Å²) in [5.41, 5.74) is 5.52. The standard InChI is InChI=1S/C25H25N5O4.ClH/c1-16-14-22(23(25(31)33-3)21(26-16)12-13-32-2)34-15-17-8-10-18(11-9-17)19-6-4-5-7-20(19)24-27-29-30-28-24;/h4-11,14H,12-13,15H2,1-3H3,(H,27,28,29,30);1H. The van der Waals surface area contributed by atoms with E-state index in [2.05, 4.69) is 25.6 Å². The van der Waals surface area contributed by atoms with Crippen LogP contribution in [0.3, 0.4) is 0 Å². The number of nitrogens with zero attached hydrogens (tertiary/aromatic N) is 4. The highest BCUT2D eigenvalue weighted by atomic mass is 35.5. The van der Waals surface area contributed by atoms with Crippen molar-refractivity contribution < 1.29 is 19.0 Å². The number of H-pyrrole nitrogens is 1. The van der Waals surface area contributed by atoms with Crippen LogP contribution < -0.4 is 4.74 Å². The highest BCUT2D eigenvalue weighted by Gasteiger charge is 2.21. The molecule has 182 valence electrons. The lowest BCUT2D eigenvalue weighted by Gasteiger charge is -2.15. The number of ether oxygens (including phenoxy) is 3. The van der Waals surface area contributed by atoms with Crippen LogP contribution in [0, 0.1) is 6.92 Å². The third kappa shape index (κ3) is 6.00. The number of rotatable bonds is 9. The molecule has 0 unspecified atom stereocenters. The quantitative estimate of drug-likeness (QED) is 0.343. The third-order valence-corrected chi connectivity index (χ3v) is 5.29. The molecule has 0 amide bonds.